The number of amides is 1. The van der Waals surface area contributed by atoms with Gasteiger partial charge < -0.3 is 19.6 Å². The van der Waals surface area contributed by atoms with Crippen molar-refractivity contribution >= 4 is 5.91 Å². The van der Waals surface area contributed by atoms with Crippen LogP contribution in [-0.4, -0.2) is 40.6 Å². The fourth-order valence-electron chi connectivity index (χ4n) is 1.66. The average molecular weight is 278 g/mol. The third-order valence-electron chi connectivity index (χ3n) is 3.16. The number of rotatable bonds is 6. The summed E-state index contributed by atoms with van der Waals surface area (Å²) in [6, 6.07) is 3.51. The molecule has 2 rings (SSSR count). The maximum atomic E-state index is 11.9. The molecule has 0 aliphatic heterocycles. The summed E-state index contributed by atoms with van der Waals surface area (Å²) in [7, 11) is 1.74. The van der Waals surface area contributed by atoms with Crippen LogP contribution in [0.25, 0.3) is 11.6 Å². The molecule has 0 aliphatic rings. The van der Waals surface area contributed by atoms with Crippen LogP contribution in [0.3, 0.4) is 0 Å². The van der Waals surface area contributed by atoms with Gasteiger partial charge >= 0.3 is 0 Å². The maximum absolute atomic E-state index is 11.9. The van der Waals surface area contributed by atoms with E-state index in [0.717, 1.165) is 0 Å². The molecule has 0 aromatic carbocycles. The van der Waals surface area contributed by atoms with Gasteiger partial charge in [0.2, 0.25) is 17.6 Å². The molecule has 7 nitrogen and oxygen atoms in total. The van der Waals surface area contributed by atoms with Crippen LogP contribution in [0.1, 0.15) is 19.2 Å². The van der Waals surface area contributed by atoms with Crippen molar-refractivity contribution in [3.63, 3.8) is 0 Å². The highest BCUT2D eigenvalue weighted by Gasteiger charge is 2.16. The summed E-state index contributed by atoms with van der Waals surface area (Å²) in [5, 5.41) is 3.81. The van der Waals surface area contributed by atoms with Gasteiger partial charge in [-0.2, -0.15) is 4.98 Å². The highest BCUT2D eigenvalue weighted by molar-refractivity contribution is 5.76. The van der Waals surface area contributed by atoms with Crippen LogP contribution in [0.5, 0.6) is 0 Å². The highest BCUT2D eigenvalue weighted by atomic mass is 16.5. The van der Waals surface area contributed by atoms with Gasteiger partial charge in [-0.15, -0.1) is 0 Å². The number of nitrogens with two attached hydrogens (primary N) is 1. The van der Waals surface area contributed by atoms with Gasteiger partial charge in [-0.1, -0.05) is 5.16 Å². The zero-order chi connectivity index (χ0) is 14.5. The van der Waals surface area contributed by atoms with Gasteiger partial charge in [0.05, 0.1) is 6.26 Å². The van der Waals surface area contributed by atoms with Crippen molar-refractivity contribution in [1.82, 2.24) is 15.0 Å². The number of hydrogen-bond acceptors (Lipinski definition) is 6. The van der Waals surface area contributed by atoms with E-state index in [4.69, 9.17) is 14.7 Å². The largest absolute Gasteiger partial charge is 0.461 e. The van der Waals surface area contributed by atoms with Crippen LogP contribution in [-0.2, 0) is 11.2 Å². The SMILES string of the molecule is CC(CN)N(C)C(=O)CCc1nc(-c2ccco2)no1. The molecule has 0 spiro atoms. The van der Waals surface area contributed by atoms with E-state index in [2.05, 4.69) is 10.1 Å². The van der Waals surface area contributed by atoms with Crippen LogP contribution >= 0.6 is 0 Å². The number of furan rings is 1. The molecule has 0 radical (unpaired) electrons. The normalized spacial score (nSPS) is 12.3. The molecule has 1 atom stereocenters. The Morgan fingerprint density at radius 2 is 2.35 bits per heavy atom. The fraction of sp³-hybridized carbons (Fsp3) is 0.462. The molecule has 1 unspecified atom stereocenters. The van der Waals surface area contributed by atoms with E-state index < -0.39 is 0 Å². The lowest BCUT2D eigenvalue weighted by Crippen LogP contribution is -2.39. The van der Waals surface area contributed by atoms with Crippen molar-refractivity contribution in [1.29, 1.82) is 0 Å². The number of nitrogens with zero attached hydrogens (tertiary/aromatic N) is 3. The number of carbonyl (C=O) groups excluding carboxylic acids is 1. The first kappa shape index (κ1) is 14.3. The van der Waals surface area contributed by atoms with Crippen LogP contribution < -0.4 is 5.73 Å². The average Bonchev–Trinajstić information content (AvgIpc) is 3.13. The van der Waals surface area contributed by atoms with Crippen molar-refractivity contribution in [2.24, 2.45) is 5.73 Å². The zero-order valence-corrected chi connectivity index (χ0v) is 11.6. The van der Waals surface area contributed by atoms with Crippen LogP contribution in [0, 0.1) is 0 Å². The predicted molar refractivity (Wildman–Crippen MR) is 71.6 cm³/mol. The summed E-state index contributed by atoms with van der Waals surface area (Å²) in [4.78, 5) is 17.7. The maximum Gasteiger partial charge on any atom is 0.238 e. The van der Waals surface area contributed by atoms with Gasteiger partial charge in [0.15, 0.2) is 5.76 Å². The summed E-state index contributed by atoms with van der Waals surface area (Å²) in [5.74, 6) is 1.35. The molecule has 0 saturated heterocycles. The van der Waals surface area contributed by atoms with E-state index in [9.17, 15) is 4.79 Å². The van der Waals surface area contributed by atoms with Crippen molar-refractivity contribution in [2.75, 3.05) is 13.6 Å². The molecule has 2 heterocycles. The lowest BCUT2D eigenvalue weighted by molar-refractivity contribution is -0.131. The number of carbonyl (C=O) groups is 1. The van der Waals surface area contributed by atoms with Gasteiger partial charge in [0.1, 0.15) is 0 Å². The van der Waals surface area contributed by atoms with Gasteiger partial charge in [-0.05, 0) is 19.1 Å². The molecule has 7 heteroatoms. The minimum absolute atomic E-state index is 0.000647. The molecular weight excluding hydrogens is 260 g/mol. The third kappa shape index (κ3) is 3.24. The Morgan fingerprint density at radius 3 is 3.00 bits per heavy atom. The Balaban J connectivity index is 1.90. The molecule has 0 saturated carbocycles. The Bertz CT molecular complexity index is 550. The fourth-order valence-corrected chi connectivity index (χ4v) is 1.66. The first-order chi connectivity index (χ1) is 9.61. The standard InChI is InChI=1S/C13H18N4O3/c1-9(8-14)17(2)12(18)6-5-11-15-13(16-20-11)10-4-3-7-19-10/h3-4,7,9H,5-6,8,14H2,1-2H3. The number of aryl methyl sites for hydroxylation is 1. The first-order valence-corrected chi connectivity index (χ1v) is 6.44. The van der Waals surface area contributed by atoms with Crippen LogP contribution in [0.2, 0.25) is 0 Å². The highest BCUT2D eigenvalue weighted by Crippen LogP contribution is 2.16. The minimum Gasteiger partial charge on any atom is -0.461 e. The molecular formula is C13H18N4O3. The lowest BCUT2D eigenvalue weighted by Gasteiger charge is -2.23. The van der Waals surface area contributed by atoms with E-state index in [-0.39, 0.29) is 11.9 Å². The third-order valence-corrected chi connectivity index (χ3v) is 3.16. The van der Waals surface area contributed by atoms with Gasteiger partial charge in [-0.25, -0.2) is 0 Å². The quantitative estimate of drug-likeness (QED) is 0.848. The van der Waals surface area contributed by atoms with Gasteiger partial charge in [0, 0.05) is 32.5 Å². The Morgan fingerprint density at radius 1 is 1.55 bits per heavy atom. The number of hydrogen-bond donors (Lipinski definition) is 1. The van der Waals surface area contributed by atoms with Crippen molar-refractivity contribution in [2.45, 2.75) is 25.8 Å². The Labute approximate surface area is 116 Å². The van der Waals surface area contributed by atoms with Gasteiger partial charge in [0.25, 0.3) is 0 Å². The molecule has 2 aromatic heterocycles. The Kier molecular flexibility index (Phi) is 4.52. The molecule has 1 amide bonds. The summed E-state index contributed by atoms with van der Waals surface area (Å²) >= 11 is 0. The molecule has 0 bridgehead atoms. The first-order valence-electron chi connectivity index (χ1n) is 6.44. The Hall–Kier alpha value is -2.15. The molecule has 108 valence electrons. The second-order valence-electron chi connectivity index (χ2n) is 4.58. The van der Waals surface area contributed by atoms with E-state index in [1.165, 1.54) is 6.26 Å². The van der Waals surface area contributed by atoms with Crippen LogP contribution in [0.4, 0.5) is 0 Å². The number of likely N-dealkylation sites (N-methyl/N-ethyl adjacent to an activating group) is 1. The zero-order valence-electron chi connectivity index (χ0n) is 11.6. The molecule has 2 N–H and O–H groups in total. The van der Waals surface area contributed by atoms with Crippen molar-refractivity contribution in [3.05, 3.63) is 24.3 Å². The second-order valence-corrected chi connectivity index (χ2v) is 4.58. The van der Waals surface area contributed by atoms with E-state index in [1.807, 2.05) is 6.92 Å². The smallest absolute Gasteiger partial charge is 0.238 e. The lowest BCUT2D eigenvalue weighted by atomic mass is 10.2. The van der Waals surface area contributed by atoms with Gasteiger partial charge in [-0.3, -0.25) is 4.79 Å². The minimum atomic E-state index is 0.000647. The topological polar surface area (TPSA) is 98.4 Å². The summed E-state index contributed by atoms with van der Waals surface area (Å²) < 4.78 is 10.3. The monoisotopic (exact) mass is 278 g/mol. The summed E-state index contributed by atoms with van der Waals surface area (Å²) in [5.41, 5.74) is 5.53. The molecule has 2 aromatic rings. The van der Waals surface area contributed by atoms with E-state index in [1.54, 1.807) is 24.1 Å². The predicted octanol–water partition coefficient (Wildman–Crippen LogP) is 1.07. The van der Waals surface area contributed by atoms with Crippen LogP contribution in [0.15, 0.2) is 27.3 Å². The molecule has 0 fully saturated rings. The molecule has 20 heavy (non-hydrogen) atoms. The summed E-state index contributed by atoms with van der Waals surface area (Å²) in [6.07, 6.45) is 2.24. The van der Waals surface area contributed by atoms with E-state index >= 15 is 0 Å². The number of aromatic nitrogens is 2. The van der Waals surface area contributed by atoms with E-state index in [0.29, 0.717) is 36.9 Å². The van der Waals surface area contributed by atoms with Crippen molar-refractivity contribution < 1.29 is 13.7 Å². The van der Waals surface area contributed by atoms with Crippen molar-refractivity contribution in [3.8, 4) is 11.6 Å². The second kappa shape index (κ2) is 6.33. The molecule has 0 aliphatic carbocycles. The summed E-state index contributed by atoms with van der Waals surface area (Å²) in [6.45, 7) is 2.34.